The van der Waals surface area contributed by atoms with Gasteiger partial charge in [-0.05, 0) is 24.6 Å². The van der Waals surface area contributed by atoms with E-state index in [0.29, 0.717) is 0 Å². The Kier molecular flexibility index (Phi) is 5.81. The molecule has 3 nitrogen and oxygen atoms in total. The van der Waals surface area contributed by atoms with Crippen molar-refractivity contribution in [3.63, 3.8) is 0 Å². The second-order valence-corrected chi connectivity index (χ2v) is 4.98. The van der Waals surface area contributed by atoms with Gasteiger partial charge in [0.2, 0.25) is 5.91 Å². The zero-order valence-corrected chi connectivity index (χ0v) is 11.8. The first kappa shape index (κ1) is 16.0. The smallest absolute Gasteiger partial charge is 0.348 e. The molecule has 0 aliphatic heterocycles. The molecule has 0 radical (unpaired) electrons. The molecule has 0 bridgehead atoms. The van der Waals surface area contributed by atoms with E-state index >= 15 is 0 Å². The van der Waals surface area contributed by atoms with E-state index in [1.165, 1.54) is 0 Å². The number of nitrogens with one attached hydrogen (secondary N) is 2. The maximum Gasteiger partial charge on any atom is 0.401 e. The number of rotatable bonds is 5. The molecule has 0 aliphatic carbocycles. The van der Waals surface area contributed by atoms with E-state index < -0.39 is 18.6 Å². The summed E-state index contributed by atoms with van der Waals surface area (Å²) in [6.07, 6.45) is -4.31. The molecule has 1 atom stereocenters. The van der Waals surface area contributed by atoms with Gasteiger partial charge in [0.1, 0.15) is 0 Å². The van der Waals surface area contributed by atoms with Gasteiger partial charge in [-0.25, -0.2) is 0 Å². The molecule has 1 aromatic rings. The molecule has 19 heavy (non-hydrogen) atoms. The molecule has 0 unspecified atom stereocenters. The second-order valence-electron chi connectivity index (χ2n) is 4.06. The summed E-state index contributed by atoms with van der Waals surface area (Å²) < 4.78 is 36.5. The minimum absolute atomic E-state index is 0.256. The Morgan fingerprint density at radius 3 is 2.42 bits per heavy atom. The van der Waals surface area contributed by atoms with Crippen molar-refractivity contribution in [3.05, 3.63) is 34.3 Å². The molecule has 1 amide bonds. The molecule has 0 saturated carbocycles. The lowest BCUT2D eigenvalue weighted by Gasteiger charge is -2.15. The lowest BCUT2D eigenvalue weighted by Crippen LogP contribution is -2.39. The summed E-state index contributed by atoms with van der Waals surface area (Å²) in [6.45, 7) is 0.234. The predicted molar refractivity (Wildman–Crippen MR) is 69.6 cm³/mol. The van der Waals surface area contributed by atoms with Crippen LogP contribution in [0.2, 0.25) is 0 Å². The average molecular weight is 339 g/mol. The number of halogens is 4. The van der Waals surface area contributed by atoms with Crippen molar-refractivity contribution in [1.29, 1.82) is 0 Å². The van der Waals surface area contributed by atoms with Gasteiger partial charge in [0.25, 0.3) is 0 Å². The van der Waals surface area contributed by atoms with Gasteiger partial charge < -0.3 is 10.6 Å². The number of amides is 1. The van der Waals surface area contributed by atoms with Crippen LogP contribution in [0.4, 0.5) is 13.2 Å². The van der Waals surface area contributed by atoms with Gasteiger partial charge in [-0.15, -0.1) is 0 Å². The Hall–Kier alpha value is -1.08. The highest BCUT2D eigenvalue weighted by molar-refractivity contribution is 9.10. The highest BCUT2D eigenvalue weighted by atomic mass is 79.9. The summed E-state index contributed by atoms with van der Waals surface area (Å²) >= 11 is 3.29. The quantitative estimate of drug-likeness (QED) is 0.866. The minimum Gasteiger partial charge on any atom is -0.348 e. The van der Waals surface area contributed by atoms with Crippen molar-refractivity contribution in [2.75, 3.05) is 13.1 Å². The van der Waals surface area contributed by atoms with E-state index in [1.807, 2.05) is 29.6 Å². The molecular weight excluding hydrogens is 325 g/mol. The molecule has 0 aromatic heterocycles. The SMILES string of the molecule is C[C@H](NC(=O)CNCC(F)(F)F)c1ccc(Br)cc1. The van der Waals surface area contributed by atoms with Crippen LogP contribution in [0.25, 0.3) is 0 Å². The average Bonchev–Trinajstić information content (AvgIpc) is 2.27. The summed E-state index contributed by atoms with van der Waals surface area (Å²) in [5, 5.41) is 4.66. The fourth-order valence-electron chi connectivity index (χ4n) is 1.45. The molecule has 0 heterocycles. The molecule has 1 aromatic carbocycles. The van der Waals surface area contributed by atoms with Crippen molar-refractivity contribution in [2.45, 2.75) is 19.1 Å². The van der Waals surface area contributed by atoms with Crippen LogP contribution in [-0.2, 0) is 4.79 Å². The van der Waals surface area contributed by atoms with Gasteiger partial charge in [-0.2, -0.15) is 13.2 Å². The first-order valence-corrected chi connectivity index (χ1v) is 6.39. The first-order chi connectivity index (χ1) is 8.78. The lowest BCUT2D eigenvalue weighted by molar-refractivity contribution is -0.128. The van der Waals surface area contributed by atoms with Crippen LogP contribution in [-0.4, -0.2) is 25.2 Å². The Bertz CT molecular complexity index is 420. The minimum atomic E-state index is -4.31. The fourth-order valence-corrected chi connectivity index (χ4v) is 1.71. The van der Waals surface area contributed by atoms with Crippen molar-refractivity contribution in [3.8, 4) is 0 Å². The highest BCUT2D eigenvalue weighted by Gasteiger charge is 2.26. The van der Waals surface area contributed by atoms with Crippen molar-refractivity contribution < 1.29 is 18.0 Å². The highest BCUT2D eigenvalue weighted by Crippen LogP contribution is 2.16. The zero-order chi connectivity index (χ0) is 14.5. The third-order valence-electron chi connectivity index (χ3n) is 2.36. The molecule has 7 heteroatoms. The Labute approximate surface area is 117 Å². The van der Waals surface area contributed by atoms with Crippen LogP contribution in [0.15, 0.2) is 28.7 Å². The Morgan fingerprint density at radius 1 is 1.32 bits per heavy atom. The summed E-state index contributed by atoms with van der Waals surface area (Å²) in [5.74, 6) is -0.473. The largest absolute Gasteiger partial charge is 0.401 e. The van der Waals surface area contributed by atoms with Gasteiger partial charge in [0, 0.05) is 4.47 Å². The first-order valence-electron chi connectivity index (χ1n) is 5.60. The standard InChI is InChI=1S/C12H14BrF3N2O/c1-8(9-2-4-10(13)5-3-9)18-11(19)6-17-7-12(14,15)16/h2-5,8,17H,6-7H2,1H3,(H,18,19)/t8-/m0/s1. The van der Waals surface area contributed by atoms with Crippen molar-refractivity contribution in [1.82, 2.24) is 10.6 Å². The molecule has 2 N–H and O–H groups in total. The van der Waals surface area contributed by atoms with Gasteiger partial charge in [-0.3, -0.25) is 4.79 Å². The number of benzene rings is 1. The Morgan fingerprint density at radius 2 is 1.89 bits per heavy atom. The van der Waals surface area contributed by atoms with Crippen LogP contribution >= 0.6 is 15.9 Å². The predicted octanol–water partition coefficient (Wildman–Crippen LogP) is 2.78. The lowest BCUT2D eigenvalue weighted by atomic mass is 10.1. The number of hydrogen-bond acceptors (Lipinski definition) is 2. The van der Waals surface area contributed by atoms with Crippen LogP contribution < -0.4 is 10.6 Å². The molecule has 106 valence electrons. The molecule has 1 rings (SSSR count). The van der Waals surface area contributed by atoms with Crippen LogP contribution in [0.1, 0.15) is 18.5 Å². The van der Waals surface area contributed by atoms with E-state index in [9.17, 15) is 18.0 Å². The topological polar surface area (TPSA) is 41.1 Å². The van der Waals surface area contributed by atoms with E-state index in [2.05, 4.69) is 21.2 Å². The van der Waals surface area contributed by atoms with Gasteiger partial charge in [0.05, 0.1) is 19.1 Å². The number of carbonyl (C=O) groups is 1. The summed E-state index contributed by atoms with van der Waals surface area (Å²) in [5.41, 5.74) is 0.882. The molecule has 0 fully saturated rings. The summed E-state index contributed by atoms with van der Waals surface area (Å²) in [4.78, 5) is 11.4. The number of carbonyl (C=O) groups excluding carboxylic acids is 1. The third-order valence-corrected chi connectivity index (χ3v) is 2.89. The molecular formula is C12H14BrF3N2O. The van der Waals surface area contributed by atoms with E-state index in [0.717, 1.165) is 10.0 Å². The molecule has 0 spiro atoms. The van der Waals surface area contributed by atoms with E-state index in [-0.39, 0.29) is 12.6 Å². The van der Waals surface area contributed by atoms with Crippen LogP contribution in [0.5, 0.6) is 0 Å². The number of alkyl halides is 3. The van der Waals surface area contributed by atoms with E-state index in [1.54, 1.807) is 6.92 Å². The maximum atomic E-state index is 11.9. The van der Waals surface area contributed by atoms with Crippen LogP contribution in [0, 0.1) is 0 Å². The van der Waals surface area contributed by atoms with Gasteiger partial charge in [-0.1, -0.05) is 28.1 Å². The monoisotopic (exact) mass is 338 g/mol. The summed E-state index contributed by atoms with van der Waals surface area (Å²) in [6, 6.07) is 7.07. The van der Waals surface area contributed by atoms with Crippen molar-refractivity contribution >= 4 is 21.8 Å². The van der Waals surface area contributed by atoms with Crippen LogP contribution in [0.3, 0.4) is 0 Å². The third kappa shape index (κ3) is 6.58. The maximum absolute atomic E-state index is 11.9. The normalized spacial score (nSPS) is 13.1. The second kappa shape index (κ2) is 6.91. The summed E-state index contributed by atoms with van der Waals surface area (Å²) in [7, 11) is 0. The van der Waals surface area contributed by atoms with Crippen molar-refractivity contribution in [2.24, 2.45) is 0 Å². The van der Waals surface area contributed by atoms with Gasteiger partial charge >= 0.3 is 6.18 Å². The van der Waals surface area contributed by atoms with E-state index in [4.69, 9.17) is 0 Å². The fraction of sp³-hybridized carbons (Fsp3) is 0.417. The van der Waals surface area contributed by atoms with Gasteiger partial charge in [0.15, 0.2) is 0 Å². The molecule has 0 saturated heterocycles. The zero-order valence-electron chi connectivity index (χ0n) is 10.2. The molecule has 0 aliphatic rings. The Balaban J connectivity index is 2.38. The number of hydrogen-bond donors (Lipinski definition) is 2.